The van der Waals surface area contributed by atoms with E-state index in [1.807, 2.05) is 0 Å². The van der Waals surface area contributed by atoms with Gasteiger partial charge in [0.1, 0.15) is 42.5 Å². The smallest absolute Gasteiger partial charge is 0.245 e. The maximum atomic E-state index is 13.4. The van der Waals surface area contributed by atoms with Crippen molar-refractivity contribution >= 4 is 23.6 Å². The monoisotopic (exact) mass is 524 g/mol. The molecule has 8 N–H and O–H groups in total. The quantitative estimate of drug-likeness (QED) is 0.155. The fourth-order valence-electron chi connectivity index (χ4n) is 4.20. The lowest BCUT2D eigenvalue weighted by Gasteiger charge is -2.42. The van der Waals surface area contributed by atoms with Gasteiger partial charge in [0.05, 0.1) is 12.7 Å². The number of nitrogens with zero attached hydrogens (tertiary/aromatic N) is 1. The van der Waals surface area contributed by atoms with Crippen LogP contribution >= 0.6 is 0 Å². The van der Waals surface area contributed by atoms with Gasteiger partial charge in [-0.2, -0.15) is 0 Å². The van der Waals surface area contributed by atoms with Crippen molar-refractivity contribution in [3.63, 3.8) is 0 Å². The van der Waals surface area contributed by atoms with Crippen LogP contribution in [0.5, 0.6) is 0 Å². The molecule has 13 heteroatoms. The zero-order valence-corrected chi connectivity index (χ0v) is 21.0. The number of carbonyl (C=O) groups is 4. The largest absolute Gasteiger partial charge is 0.394 e. The number of likely N-dealkylation sites (N-methyl/N-ethyl adjacent to an activating group) is 1. The molecule has 37 heavy (non-hydrogen) atoms. The van der Waals surface area contributed by atoms with Gasteiger partial charge in [0.15, 0.2) is 0 Å². The van der Waals surface area contributed by atoms with Crippen LogP contribution in [0.15, 0.2) is 30.3 Å². The molecule has 1 aliphatic rings. The number of nitrogens with two attached hydrogens (primary N) is 1. The molecule has 0 bridgehead atoms. The zero-order chi connectivity index (χ0) is 27.9. The number of carbonyl (C=O) groups excluding carboxylic acids is 4. The van der Waals surface area contributed by atoms with Gasteiger partial charge in [0.25, 0.3) is 0 Å². The van der Waals surface area contributed by atoms with E-state index in [-0.39, 0.29) is 12.8 Å². The molecule has 2 rings (SSSR count). The third-order valence-corrected chi connectivity index (χ3v) is 6.30. The van der Waals surface area contributed by atoms with Gasteiger partial charge in [-0.3, -0.25) is 19.2 Å². The highest BCUT2D eigenvalue weighted by Gasteiger charge is 2.46. The predicted molar refractivity (Wildman–Crippen MR) is 129 cm³/mol. The maximum Gasteiger partial charge on any atom is 0.245 e. The molecule has 1 heterocycles. The third-order valence-electron chi connectivity index (χ3n) is 6.30. The molecule has 0 unspecified atom stereocenters. The molecule has 206 valence electrons. The third kappa shape index (κ3) is 7.94. The first-order valence-electron chi connectivity index (χ1n) is 11.8. The number of rotatable bonds is 11. The Kier molecular flexibility index (Phi) is 10.9. The lowest BCUT2D eigenvalue weighted by molar-refractivity contribution is -0.232. The van der Waals surface area contributed by atoms with Gasteiger partial charge in [-0.05, 0) is 12.5 Å². The van der Waals surface area contributed by atoms with E-state index in [4.69, 9.17) is 10.5 Å². The van der Waals surface area contributed by atoms with Gasteiger partial charge in [0.2, 0.25) is 23.6 Å². The second-order valence-electron chi connectivity index (χ2n) is 9.14. The number of nitrogens with one attached hydrogen (secondary N) is 2. The van der Waals surface area contributed by atoms with E-state index in [9.17, 15) is 39.6 Å². The molecule has 1 aliphatic heterocycles. The molecule has 0 aromatic heterocycles. The molecular weight excluding hydrogens is 488 g/mol. The van der Waals surface area contributed by atoms with Crippen molar-refractivity contribution < 1.29 is 44.3 Å². The Morgan fingerprint density at radius 3 is 2.16 bits per heavy atom. The summed E-state index contributed by atoms with van der Waals surface area (Å²) in [5.74, 6) is -2.74. The molecule has 0 aliphatic carbocycles. The summed E-state index contributed by atoms with van der Waals surface area (Å²) >= 11 is 0. The number of aliphatic hydroxyl groups is 4. The molecule has 1 aromatic rings. The lowest BCUT2D eigenvalue weighted by Crippen LogP contribution is -2.62. The Labute approximate surface area is 214 Å². The van der Waals surface area contributed by atoms with E-state index in [0.29, 0.717) is 0 Å². The van der Waals surface area contributed by atoms with E-state index < -0.39 is 78.9 Å². The second-order valence-corrected chi connectivity index (χ2v) is 9.14. The maximum absolute atomic E-state index is 13.4. The van der Waals surface area contributed by atoms with Crippen LogP contribution in [0, 0.1) is 0 Å². The normalized spacial score (nSPS) is 25.9. The van der Waals surface area contributed by atoms with Crippen LogP contribution in [0.3, 0.4) is 0 Å². The minimum absolute atomic E-state index is 0.0780. The van der Waals surface area contributed by atoms with Crippen molar-refractivity contribution in [1.82, 2.24) is 15.5 Å². The summed E-state index contributed by atoms with van der Waals surface area (Å²) in [4.78, 5) is 51.0. The van der Waals surface area contributed by atoms with Crippen LogP contribution in [-0.2, 0) is 30.3 Å². The molecular formula is C24H36N4O9. The van der Waals surface area contributed by atoms with Crippen molar-refractivity contribution in [1.29, 1.82) is 0 Å². The van der Waals surface area contributed by atoms with E-state index in [2.05, 4.69) is 10.6 Å². The van der Waals surface area contributed by atoms with Crippen LogP contribution in [0.1, 0.15) is 25.8 Å². The van der Waals surface area contributed by atoms with E-state index in [0.717, 1.165) is 10.5 Å². The lowest BCUT2D eigenvalue weighted by atomic mass is 9.91. The number of amides is 4. The molecule has 0 spiro atoms. The Morgan fingerprint density at radius 2 is 1.62 bits per heavy atom. The zero-order valence-electron chi connectivity index (χ0n) is 21.0. The number of ether oxygens (including phenoxy) is 1. The molecule has 1 saturated heterocycles. The minimum atomic E-state index is -1.68. The van der Waals surface area contributed by atoms with Gasteiger partial charge < -0.3 is 46.4 Å². The highest BCUT2D eigenvalue weighted by atomic mass is 16.5. The Morgan fingerprint density at radius 1 is 1.03 bits per heavy atom. The fraction of sp³-hybridized carbons (Fsp3) is 0.583. The van der Waals surface area contributed by atoms with Crippen molar-refractivity contribution in [2.75, 3.05) is 13.7 Å². The predicted octanol–water partition coefficient (Wildman–Crippen LogP) is -3.22. The number of benzene rings is 1. The average Bonchev–Trinajstić information content (AvgIpc) is 2.85. The summed E-state index contributed by atoms with van der Waals surface area (Å²) in [6.45, 7) is 1.97. The van der Waals surface area contributed by atoms with E-state index in [1.54, 1.807) is 30.3 Å². The molecule has 1 aromatic carbocycles. The van der Waals surface area contributed by atoms with Crippen LogP contribution in [0.25, 0.3) is 0 Å². The fourth-order valence-corrected chi connectivity index (χ4v) is 4.20. The standard InChI is InChI=1S/C24H36N4O9/c1-12(26-13(2)30)24(36)28(3)16(10-17-19(31)21(33)20(32)18(11-29)37-17)23(35)27-15(22(25)34)9-14-7-5-4-6-8-14/h4-8,12,15-21,29,31-33H,9-11H2,1-3H3,(H2,25,34)(H,26,30)(H,27,35)/t12-,15-,16-,17-,18+,19-,20+,21+/m0/s1. The second kappa shape index (κ2) is 13.4. The molecule has 1 fully saturated rings. The number of hydrogen-bond donors (Lipinski definition) is 7. The molecule has 0 saturated carbocycles. The molecule has 4 amide bonds. The topological polar surface area (TPSA) is 212 Å². The van der Waals surface area contributed by atoms with Crippen molar-refractivity contribution in [3.8, 4) is 0 Å². The Hall–Kier alpha value is -3.10. The van der Waals surface area contributed by atoms with Gasteiger partial charge in [-0.25, -0.2) is 0 Å². The molecule has 0 radical (unpaired) electrons. The average molecular weight is 525 g/mol. The Balaban J connectivity index is 2.32. The number of primary amides is 1. The van der Waals surface area contributed by atoms with Crippen molar-refractivity contribution in [2.24, 2.45) is 5.73 Å². The van der Waals surface area contributed by atoms with E-state index >= 15 is 0 Å². The number of hydrogen-bond acceptors (Lipinski definition) is 9. The van der Waals surface area contributed by atoms with Crippen molar-refractivity contribution in [3.05, 3.63) is 35.9 Å². The molecule has 8 atom stereocenters. The van der Waals surface area contributed by atoms with Crippen molar-refractivity contribution in [2.45, 2.75) is 75.3 Å². The van der Waals surface area contributed by atoms with Gasteiger partial charge in [-0.1, -0.05) is 30.3 Å². The van der Waals surface area contributed by atoms with Gasteiger partial charge in [0, 0.05) is 26.8 Å². The highest BCUT2D eigenvalue weighted by molar-refractivity contribution is 5.93. The summed E-state index contributed by atoms with van der Waals surface area (Å²) in [6, 6.07) is 5.29. The first-order valence-corrected chi connectivity index (χ1v) is 11.8. The SMILES string of the molecule is CC(=O)N[C@@H](C)C(=O)N(C)[C@@H](C[C@@H]1O[C@H](CO)[C@@H](O)[C@H](O)[C@H]1O)C(=O)N[C@@H](Cc1ccccc1)C(N)=O. The molecule has 13 nitrogen and oxygen atoms in total. The first-order chi connectivity index (χ1) is 17.4. The van der Waals surface area contributed by atoms with Gasteiger partial charge in [-0.15, -0.1) is 0 Å². The Bertz CT molecular complexity index is 945. The van der Waals surface area contributed by atoms with E-state index in [1.165, 1.54) is 20.9 Å². The minimum Gasteiger partial charge on any atom is -0.394 e. The summed E-state index contributed by atoms with van der Waals surface area (Å²) < 4.78 is 5.52. The van der Waals surface area contributed by atoms with Crippen LogP contribution in [-0.4, -0.2) is 111 Å². The van der Waals surface area contributed by atoms with Crippen LogP contribution in [0.2, 0.25) is 0 Å². The first kappa shape index (κ1) is 30.1. The van der Waals surface area contributed by atoms with Gasteiger partial charge >= 0.3 is 0 Å². The summed E-state index contributed by atoms with van der Waals surface area (Å²) in [5, 5.41) is 45.2. The summed E-state index contributed by atoms with van der Waals surface area (Å²) in [5.41, 5.74) is 6.24. The summed E-state index contributed by atoms with van der Waals surface area (Å²) in [7, 11) is 1.30. The summed E-state index contributed by atoms with van der Waals surface area (Å²) in [6.07, 6.45) is -7.74. The van der Waals surface area contributed by atoms with Crippen LogP contribution in [0.4, 0.5) is 0 Å². The highest BCUT2D eigenvalue weighted by Crippen LogP contribution is 2.25. The number of aliphatic hydroxyl groups excluding tert-OH is 4. The van der Waals surface area contributed by atoms with Crippen LogP contribution < -0.4 is 16.4 Å².